The molecule has 1 fully saturated rings. The van der Waals surface area contributed by atoms with Gasteiger partial charge < -0.3 is 9.47 Å². The molecule has 3 aromatic rings. The summed E-state index contributed by atoms with van der Waals surface area (Å²) in [7, 11) is 5.33. The van der Waals surface area contributed by atoms with Crippen LogP contribution in [-0.2, 0) is 31.9 Å². The number of nitrogens with zero attached hydrogens (tertiary/aromatic N) is 3. The van der Waals surface area contributed by atoms with Crippen LogP contribution >= 0.6 is 0 Å². The Labute approximate surface area is 171 Å². The zero-order valence-electron chi connectivity index (χ0n) is 17.4. The highest BCUT2D eigenvalue weighted by Crippen LogP contribution is 2.20. The number of aromatic nitrogens is 2. The van der Waals surface area contributed by atoms with Crippen molar-refractivity contribution in [2.45, 2.75) is 32.0 Å². The van der Waals surface area contributed by atoms with Crippen molar-refractivity contribution in [1.82, 2.24) is 14.0 Å². The number of imidazole rings is 1. The molecule has 1 aliphatic rings. The fourth-order valence-corrected chi connectivity index (χ4v) is 4.16. The molecule has 0 bridgehead atoms. The molecule has 0 aliphatic carbocycles. The first kappa shape index (κ1) is 19.7. The van der Waals surface area contributed by atoms with Gasteiger partial charge in [0.1, 0.15) is 5.75 Å². The van der Waals surface area contributed by atoms with Crippen LogP contribution in [0.25, 0.3) is 11.0 Å². The lowest BCUT2D eigenvalue weighted by molar-refractivity contribution is 0.0679. The van der Waals surface area contributed by atoms with Crippen molar-refractivity contribution in [2.75, 3.05) is 20.3 Å². The molecule has 1 aromatic heterocycles. The molecule has 6 nitrogen and oxygen atoms in total. The maximum absolute atomic E-state index is 12.2. The van der Waals surface area contributed by atoms with Crippen LogP contribution in [-0.4, -0.2) is 40.4 Å². The summed E-state index contributed by atoms with van der Waals surface area (Å²) in [5.74, 6) is 0.870. The Kier molecular flexibility index (Phi) is 5.74. The Hall–Kier alpha value is -2.57. The summed E-state index contributed by atoms with van der Waals surface area (Å²) in [6.45, 7) is 3.41. The fraction of sp³-hybridized carbons (Fsp3) is 0.435. The van der Waals surface area contributed by atoms with E-state index in [1.807, 2.05) is 32.3 Å². The summed E-state index contributed by atoms with van der Waals surface area (Å²) < 4.78 is 14.6. The average Bonchev–Trinajstić information content (AvgIpc) is 3.32. The Bertz CT molecular complexity index is 1030. The number of hydrogen-bond donors (Lipinski definition) is 0. The Morgan fingerprint density at radius 3 is 2.41 bits per heavy atom. The molecule has 1 saturated heterocycles. The van der Waals surface area contributed by atoms with E-state index in [0.717, 1.165) is 55.9 Å². The molecule has 29 heavy (non-hydrogen) atoms. The topological polar surface area (TPSA) is 48.6 Å². The fourth-order valence-electron chi connectivity index (χ4n) is 4.16. The molecule has 1 atom stereocenters. The third-order valence-corrected chi connectivity index (χ3v) is 5.79. The summed E-state index contributed by atoms with van der Waals surface area (Å²) >= 11 is 0. The van der Waals surface area contributed by atoms with E-state index in [-0.39, 0.29) is 11.8 Å². The van der Waals surface area contributed by atoms with Gasteiger partial charge in [-0.1, -0.05) is 18.2 Å². The zero-order chi connectivity index (χ0) is 20.4. The van der Waals surface area contributed by atoms with Crippen LogP contribution in [0.1, 0.15) is 24.0 Å². The van der Waals surface area contributed by atoms with Gasteiger partial charge in [0.2, 0.25) is 0 Å². The van der Waals surface area contributed by atoms with Crippen molar-refractivity contribution in [3.63, 3.8) is 0 Å². The molecular weight excluding hydrogens is 366 g/mol. The van der Waals surface area contributed by atoms with Gasteiger partial charge in [-0.2, -0.15) is 0 Å². The predicted octanol–water partition coefficient (Wildman–Crippen LogP) is 3.07. The third-order valence-electron chi connectivity index (χ3n) is 5.79. The second-order valence-electron chi connectivity index (χ2n) is 7.88. The molecule has 2 heterocycles. The van der Waals surface area contributed by atoms with Gasteiger partial charge in [0, 0.05) is 40.3 Å². The van der Waals surface area contributed by atoms with E-state index in [4.69, 9.17) is 9.47 Å². The maximum atomic E-state index is 12.2. The number of ether oxygens (including phenoxy) is 2. The molecule has 0 amide bonds. The van der Waals surface area contributed by atoms with Crippen molar-refractivity contribution in [3.8, 4) is 5.75 Å². The average molecular weight is 396 g/mol. The van der Waals surface area contributed by atoms with E-state index >= 15 is 0 Å². The number of methoxy groups -OCH3 is 1. The van der Waals surface area contributed by atoms with E-state index in [2.05, 4.69) is 29.2 Å². The van der Waals surface area contributed by atoms with Crippen molar-refractivity contribution in [1.29, 1.82) is 0 Å². The van der Waals surface area contributed by atoms with Crippen LogP contribution in [0.15, 0.2) is 47.3 Å². The Morgan fingerprint density at radius 1 is 1.03 bits per heavy atom. The number of aryl methyl sites for hydroxylation is 2. The second-order valence-corrected chi connectivity index (χ2v) is 7.88. The minimum atomic E-state index is 0.00611. The van der Waals surface area contributed by atoms with Gasteiger partial charge in [0.15, 0.2) is 0 Å². The van der Waals surface area contributed by atoms with E-state index < -0.39 is 0 Å². The van der Waals surface area contributed by atoms with Gasteiger partial charge in [-0.15, -0.1) is 0 Å². The molecule has 0 spiro atoms. The smallest absolute Gasteiger partial charge is 0.328 e. The lowest BCUT2D eigenvalue weighted by Gasteiger charge is -2.25. The summed E-state index contributed by atoms with van der Waals surface area (Å²) in [4.78, 5) is 14.7. The highest BCUT2D eigenvalue weighted by atomic mass is 16.5. The normalized spacial score (nSPS) is 16.8. The number of rotatable bonds is 7. The minimum Gasteiger partial charge on any atom is -0.497 e. The van der Waals surface area contributed by atoms with Crippen LogP contribution in [0.2, 0.25) is 0 Å². The zero-order valence-corrected chi connectivity index (χ0v) is 17.4. The van der Waals surface area contributed by atoms with Crippen molar-refractivity contribution in [2.24, 2.45) is 14.1 Å². The molecule has 6 heteroatoms. The lowest BCUT2D eigenvalue weighted by atomic mass is 10.1. The molecule has 4 rings (SSSR count). The minimum absolute atomic E-state index is 0.00611. The lowest BCUT2D eigenvalue weighted by Crippen LogP contribution is -2.31. The molecule has 0 N–H and O–H groups in total. The molecule has 2 aromatic carbocycles. The first-order chi connectivity index (χ1) is 14.0. The van der Waals surface area contributed by atoms with Gasteiger partial charge in [-0.25, -0.2) is 4.79 Å². The first-order valence-corrected chi connectivity index (χ1v) is 10.2. The van der Waals surface area contributed by atoms with E-state index in [1.165, 1.54) is 11.1 Å². The molecule has 0 unspecified atom stereocenters. The molecular formula is C23H29N3O3. The molecule has 0 saturated carbocycles. The summed E-state index contributed by atoms with van der Waals surface area (Å²) in [5, 5.41) is 0. The molecule has 1 aliphatic heterocycles. The summed E-state index contributed by atoms with van der Waals surface area (Å²) in [6, 6.07) is 14.5. The van der Waals surface area contributed by atoms with Gasteiger partial charge >= 0.3 is 5.69 Å². The largest absolute Gasteiger partial charge is 0.497 e. The van der Waals surface area contributed by atoms with Crippen molar-refractivity contribution < 1.29 is 9.47 Å². The van der Waals surface area contributed by atoms with Crippen LogP contribution in [0.5, 0.6) is 5.75 Å². The highest BCUT2D eigenvalue weighted by molar-refractivity contribution is 5.76. The first-order valence-electron chi connectivity index (χ1n) is 10.2. The Morgan fingerprint density at radius 2 is 1.72 bits per heavy atom. The summed E-state index contributed by atoms with van der Waals surface area (Å²) in [5.41, 5.74) is 4.38. The van der Waals surface area contributed by atoms with Crippen LogP contribution in [0.4, 0.5) is 0 Å². The van der Waals surface area contributed by atoms with Crippen molar-refractivity contribution >= 4 is 11.0 Å². The second kappa shape index (κ2) is 8.43. The van der Waals surface area contributed by atoms with E-state index in [9.17, 15) is 4.79 Å². The number of benzene rings is 2. The summed E-state index contributed by atoms with van der Waals surface area (Å²) in [6.07, 6.45) is 2.54. The highest BCUT2D eigenvalue weighted by Gasteiger charge is 2.20. The van der Waals surface area contributed by atoms with E-state index in [1.54, 1.807) is 16.2 Å². The number of fused-ring (bicyclic) bond motifs is 1. The van der Waals surface area contributed by atoms with Gasteiger partial charge in [0.05, 0.1) is 24.2 Å². The number of hydrogen-bond acceptors (Lipinski definition) is 4. The molecule has 154 valence electrons. The van der Waals surface area contributed by atoms with Crippen LogP contribution < -0.4 is 10.4 Å². The van der Waals surface area contributed by atoms with Crippen molar-refractivity contribution in [3.05, 3.63) is 64.1 Å². The maximum Gasteiger partial charge on any atom is 0.328 e. The van der Waals surface area contributed by atoms with Crippen LogP contribution in [0.3, 0.4) is 0 Å². The van der Waals surface area contributed by atoms with Crippen LogP contribution in [0, 0.1) is 0 Å². The third kappa shape index (κ3) is 4.23. The van der Waals surface area contributed by atoms with E-state index in [0.29, 0.717) is 0 Å². The predicted molar refractivity (Wildman–Crippen MR) is 114 cm³/mol. The van der Waals surface area contributed by atoms with Gasteiger partial charge in [-0.05, 0) is 48.2 Å². The monoisotopic (exact) mass is 395 g/mol. The van der Waals surface area contributed by atoms with Gasteiger partial charge in [-0.3, -0.25) is 14.0 Å². The quantitative estimate of drug-likeness (QED) is 0.617. The standard InChI is InChI=1S/C23H29N3O3/c1-24-21-11-8-18(13-22(21)25(2)23(24)27)15-26(16-20-5-4-12-29-20)14-17-6-9-19(28-3)10-7-17/h6-11,13,20H,4-5,12,14-16H2,1-3H3/t20-/m1/s1. The SMILES string of the molecule is COc1ccc(CN(Cc2ccc3c(c2)n(C)c(=O)n3C)C[C@H]2CCCO2)cc1. The molecule has 0 radical (unpaired) electrons. The Balaban J connectivity index is 1.57. The van der Waals surface area contributed by atoms with Gasteiger partial charge in [0.25, 0.3) is 0 Å².